The van der Waals surface area contributed by atoms with Gasteiger partial charge in [0, 0.05) is 16.4 Å². The summed E-state index contributed by atoms with van der Waals surface area (Å²) in [6, 6.07) is 11.8. The monoisotopic (exact) mass is 280 g/mol. The van der Waals surface area contributed by atoms with Crippen LogP contribution in [0.15, 0.2) is 42.5 Å². The number of amides is 1. The molecule has 0 radical (unpaired) electrons. The van der Waals surface area contributed by atoms with Gasteiger partial charge in [0.2, 0.25) is 0 Å². The number of carbonyl (C=O) groups is 1. The van der Waals surface area contributed by atoms with Gasteiger partial charge in [0.15, 0.2) is 0 Å². The molecule has 2 rings (SSSR count). The van der Waals surface area contributed by atoms with Crippen molar-refractivity contribution in [3.05, 3.63) is 58.1 Å². The summed E-state index contributed by atoms with van der Waals surface area (Å²) in [5.41, 5.74) is 6.92. The lowest BCUT2D eigenvalue weighted by Gasteiger charge is -2.09. The molecule has 0 aromatic heterocycles. The molecule has 0 aliphatic rings. The molecule has 0 heterocycles. The second kappa shape index (κ2) is 5.29. The van der Waals surface area contributed by atoms with E-state index < -0.39 is 0 Å². The molecule has 0 fully saturated rings. The molecule has 3 nitrogen and oxygen atoms in total. The molecule has 18 heavy (non-hydrogen) atoms. The van der Waals surface area contributed by atoms with E-state index >= 15 is 0 Å². The van der Waals surface area contributed by atoms with Crippen LogP contribution >= 0.6 is 23.2 Å². The average molecular weight is 281 g/mol. The lowest BCUT2D eigenvalue weighted by atomic mass is 10.1. The van der Waals surface area contributed by atoms with E-state index in [1.165, 1.54) is 0 Å². The third-order valence-electron chi connectivity index (χ3n) is 2.36. The Bertz CT molecular complexity index is 579. The fourth-order valence-corrected chi connectivity index (χ4v) is 2.00. The number of halogens is 2. The smallest absolute Gasteiger partial charge is 0.259 e. The van der Waals surface area contributed by atoms with Crippen LogP contribution in [-0.2, 0) is 0 Å². The van der Waals surface area contributed by atoms with E-state index in [2.05, 4.69) is 5.32 Å². The van der Waals surface area contributed by atoms with Crippen LogP contribution in [0.1, 0.15) is 10.4 Å². The Hall–Kier alpha value is -1.71. The van der Waals surface area contributed by atoms with E-state index in [0.717, 1.165) is 0 Å². The Labute approximate surface area is 115 Å². The number of anilines is 2. The summed E-state index contributed by atoms with van der Waals surface area (Å²) in [5, 5.41) is 3.55. The van der Waals surface area contributed by atoms with Crippen molar-refractivity contribution in [3.63, 3.8) is 0 Å². The maximum Gasteiger partial charge on any atom is 0.259 e. The molecular weight excluding hydrogens is 271 g/mol. The third kappa shape index (κ3) is 2.75. The Morgan fingerprint density at radius 2 is 1.83 bits per heavy atom. The van der Waals surface area contributed by atoms with Gasteiger partial charge in [0.05, 0.1) is 10.6 Å². The van der Waals surface area contributed by atoms with Crippen LogP contribution in [0.3, 0.4) is 0 Å². The van der Waals surface area contributed by atoms with E-state index in [-0.39, 0.29) is 11.5 Å². The molecule has 0 aliphatic carbocycles. The zero-order chi connectivity index (χ0) is 13.1. The summed E-state index contributed by atoms with van der Waals surface area (Å²) in [6.07, 6.45) is 0. The number of nitrogen functional groups attached to an aromatic ring is 1. The minimum absolute atomic E-state index is 0.263. The van der Waals surface area contributed by atoms with Crippen LogP contribution in [0.25, 0.3) is 0 Å². The molecule has 0 saturated carbocycles. The highest BCUT2D eigenvalue weighted by atomic mass is 35.5. The highest BCUT2D eigenvalue weighted by molar-refractivity contribution is 6.35. The third-order valence-corrected chi connectivity index (χ3v) is 2.91. The van der Waals surface area contributed by atoms with Crippen molar-refractivity contribution >= 4 is 40.5 Å². The Morgan fingerprint density at radius 3 is 2.50 bits per heavy atom. The number of rotatable bonds is 2. The van der Waals surface area contributed by atoms with Crippen molar-refractivity contribution in [2.75, 3.05) is 11.1 Å². The zero-order valence-electron chi connectivity index (χ0n) is 9.28. The standard InChI is InChI=1S/C13H10Cl2N2O/c14-8-3-1-4-9(7-8)17-13(18)12-10(15)5-2-6-11(12)16/h1-7H,16H2,(H,17,18). The van der Waals surface area contributed by atoms with Crippen LogP contribution in [0.2, 0.25) is 10.0 Å². The van der Waals surface area contributed by atoms with Crippen molar-refractivity contribution in [2.24, 2.45) is 0 Å². The zero-order valence-corrected chi connectivity index (χ0v) is 10.8. The van der Waals surface area contributed by atoms with Crippen LogP contribution in [0.4, 0.5) is 11.4 Å². The molecule has 5 heteroatoms. The number of nitrogens with two attached hydrogens (primary N) is 1. The van der Waals surface area contributed by atoms with Gasteiger partial charge in [-0.15, -0.1) is 0 Å². The number of carbonyl (C=O) groups excluding carboxylic acids is 1. The van der Waals surface area contributed by atoms with Gasteiger partial charge in [-0.25, -0.2) is 0 Å². The molecule has 0 atom stereocenters. The van der Waals surface area contributed by atoms with E-state index in [1.54, 1.807) is 42.5 Å². The normalized spacial score (nSPS) is 10.1. The summed E-state index contributed by atoms with van der Waals surface area (Å²) in [7, 11) is 0. The SMILES string of the molecule is Nc1cccc(Cl)c1C(=O)Nc1cccc(Cl)c1. The molecule has 2 aromatic carbocycles. The van der Waals surface area contributed by atoms with Gasteiger partial charge >= 0.3 is 0 Å². The van der Waals surface area contributed by atoms with Crippen molar-refractivity contribution < 1.29 is 4.79 Å². The number of hydrogen-bond donors (Lipinski definition) is 2. The van der Waals surface area contributed by atoms with Crippen LogP contribution in [-0.4, -0.2) is 5.91 Å². The topological polar surface area (TPSA) is 55.1 Å². The number of benzene rings is 2. The summed E-state index contributed by atoms with van der Waals surface area (Å²) >= 11 is 11.8. The first-order chi connectivity index (χ1) is 8.58. The van der Waals surface area contributed by atoms with Gasteiger partial charge in [-0.1, -0.05) is 35.3 Å². The Morgan fingerprint density at radius 1 is 1.11 bits per heavy atom. The number of nitrogens with one attached hydrogen (secondary N) is 1. The highest BCUT2D eigenvalue weighted by Crippen LogP contribution is 2.23. The Balaban J connectivity index is 2.28. The van der Waals surface area contributed by atoms with Gasteiger partial charge in [-0.3, -0.25) is 4.79 Å². The molecule has 0 unspecified atom stereocenters. The first-order valence-corrected chi connectivity index (χ1v) is 5.94. The summed E-state index contributed by atoms with van der Waals surface area (Å²) < 4.78 is 0. The number of hydrogen-bond acceptors (Lipinski definition) is 2. The molecular formula is C13H10Cl2N2O. The van der Waals surface area contributed by atoms with E-state index in [9.17, 15) is 4.79 Å². The summed E-state index contributed by atoms with van der Waals surface area (Å²) in [5.74, 6) is -0.361. The van der Waals surface area contributed by atoms with Gasteiger partial charge in [0.25, 0.3) is 5.91 Å². The molecule has 0 saturated heterocycles. The molecule has 0 spiro atoms. The molecule has 3 N–H and O–H groups in total. The minimum atomic E-state index is -0.361. The summed E-state index contributed by atoms with van der Waals surface area (Å²) in [4.78, 5) is 12.0. The lowest BCUT2D eigenvalue weighted by molar-refractivity contribution is 0.102. The lowest BCUT2D eigenvalue weighted by Crippen LogP contribution is -2.14. The van der Waals surface area contributed by atoms with Gasteiger partial charge < -0.3 is 11.1 Å². The van der Waals surface area contributed by atoms with E-state index in [4.69, 9.17) is 28.9 Å². The van der Waals surface area contributed by atoms with Crippen molar-refractivity contribution in [1.29, 1.82) is 0 Å². The maximum atomic E-state index is 12.0. The van der Waals surface area contributed by atoms with Gasteiger partial charge in [0.1, 0.15) is 0 Å². The fourth-order valence-electron chi connectivity index (χ4n) is 1.54. The highest BCUT2D eigenvalue weighted by Gasteiger charge is 2.13. The van der Waals surface area contributed by atoms with Gasteiger partial charge in [-0.05, 0) is 30.3 Å². The van der Waals surface area contributed by atoms with Crippen LogP contribution in [0, 0.1) is 0 Å². The second-order valence-corrected chi connectivity index (χ2v) is 4.51. The molecule has 2 aromatic rings. The van der Waals surface area contributed by atoms with Crippen molar-refractivity contribution in [3.8, 4) is 0 Å². The van der Waals surface area contributed by atoms with Crippen molar-refractivity contribution in [1.82, 2.24) is 0 Å². The predicted molar refractivity (Wildman–Crippen MR) is 75.3 cm³/mol. The van der Waals surface area contributed by atoms with E-state index in [1.807, 2.05) is 0 Å². The van der Waals surface area contributed by atoms with E-state index in [0.29, 0.717) is 21.4 Å². The fraction of sp³-hybridized carbons (Fsp3) is 0. The molecule has 1 amide bonds. The van der Waals surface area contributed by atoms with Crippen LogP contribution < -0.4 is 11.1 Å². The first-order valence-electron chi connectivity index (χ1n) is 5.19. The predicted octanol–water partition coefficient (Wildman–Crippen LogP) is 3.83. The summed E-state index contributed by atoms with van der Waals surface area (Å²) in [6.45, 7) is 0. The Kier molecular flexibility index (Phi) is 3.75. The molecule has 0 aliphatic heterocycles. The first kappa shape index (κ1) is 12.7. The quantitative estimate of drug-likeness (QED) is 0.822. The largest absolute Gasteiger partial charge is 0.398 e. The van der Waals surface area contributed by atoms with Crippen LogP contribution in [0.5, 0.6) is 0 Å². The second-order valence-electron chi connectivity index (χ2n) is 3.67. The average Bonchev–Trinajstić information content (AvgIpc) is 2.28. The minimum Gasteiger partial charge on any atom is -0.398 e. The maximum absolute atomic E-state index is 12.0. The molecule has 0 bridgehead atoms. The molecule has 92 valence electrons. The van der Waals surface area contributed by atoms with Gasteiger partial charge in [-0.2, -0.15) is 0 Å². The van der Waals surface area contributed by atoms with Crippen molar-refractivity contribution in [2.45, 2.75) is 0 Å².